The van der Waals surface area contributed by atoms with Crippen LogP contribution in [0.1, 0.15) is 6.42 Å². The van der Waals surface area contributed by atoms with Crippen molar-refractivity contribution in [3.05, 3.63) is 61.6 Å². The van der Waals surface area contributed by atoms with Crippen molar-refractivity contribution in [2.45, 2.75) is 6.42 Å². The molecule has 1 fully saturated rings. The van der Waals surface area contributed by atoms with E-state index in [-0.39, 0.29) is 0 Å². The Hall–Kier alpha value is -3.95. The number of nitrogens with zero attached hydrogens (tertiary/aromatic N) is 3. The molecule has 9 nitrogen and oxygen atoms in total. The van der Waals surface area contributed by atoms with E-state index in [1.807, 2.05) is 30.5 Å². The maximum Gasteiger partial charge on any atom is 0.335 e. The molecular weight excluding hydrogens is 446 g/mol. The van der Waals surface area contributed by atoms with Crippen LogP contribution in [0.15, 0.2) is 61.6 Å². The standard InChI is InChI=1S/C26H27N5O4/c1-2-25(32)35-24-15-20-22(16-23(24)34-11-3-8-31-9-12-33-13-10-31)28-17-29-26(20)30-19-4-5-21-18(14-19)6-7-27-21/h2,4-7,14-17,27H,1,3,8-13H2,(H,28,29,30). The maximum absolute atomic E-state index is 12.0. The fraction of sp³-hybridized carbons (Fsp3) is 0.269. The number of rotatable bonds is 9. The lowest BCUT2D eigenvalue weighted by Gasteiger charge is -2.26. The molecule has 5 rings (SSSR count). The molecule has 0 unspecified atom stereocenters. The Bertz CT molecular complexity index is 1350. The molecule has 9 heteroatoms. The van der Waals surface area contributed by atoms with Crippen molar-refractivity contribution in [1.82, 2.24) is 19.9 Å². The lowest BCUT2D eigenvalue weighted by atomic mass is 10.2. The Labute approximate surface area is 202 Å². The summed E-state index contributed by atoms with van der Waals surface area (Å²) in [4.78, 5) is 26.4. The van der Waals surface area contributed by atoms with Gasteiger partial charge in [0.15, 0.2) is 11.5 Å². The number of carbonyl (C=O) groups is 1. The van der Waals surface area contributed by atoms with Gasteiger partial charge in [-0.3, -0.25) is 4.90 Å². The largest absolute Gasteiger partial charge is 0.490 e. The van der Waals surface area contributed by atoms with Crippen molar-refractivity contribution in [3.63, 3.8) is 0 Å². The minimum Gasteiger partial charge on any atom is -0.490 e. The van der Waals surface area contributed by atoms with Crippen LogP contribution in [-0.2, 0) is 9.53 Å². The van der Waals surface area contributed by atoms with Crippen molar-refractivity contribution < 1.29 is 19.0 Å². The van der Waals surface area contributed by atoms with E-state index in [2.05, 4.69) is 31.7 Å². The van der Waals surface area contributed by atoms with E-state index in [4.69, 9.17) is 14.2 Å². The van der Waals surface area contributed by atoms with E-state index in [1.165, 1.54) is 6.33 Å². The second-order valence-electron chi connectivity index (χ2n) is 8.22. The molecule has 0 spiro atoms. The summed E-state index contributed by atoms with van der Waals surface area (Å²) in [6, 6.07) is 11.5. The van der Waals surface area contributed by atoms with Gasteiger partial charge in [-0.25, -0.2) is 14.8 Å². The van der Waals surface area contributed by atoms with Crippen molar-refractivity contribution >= 4 is 39.3 Å². The molecule has 2 aromatic carbocycles. The lowest BCUT2D eigenvalue weighted by Crippen LogP contribution is -2.37. The number of anilines is 2. The van der Waals surface area contributed by atoms with Gasteiger partial charge in [-0.15, -0.1) is 0 Å². The molecule has 1 aliphatic rings. The van der Waals surface area contributed by atoms with Crippen LogP contribution in [0.5, 0.6) is 11.5 Å². The fourth-order valence-electron chi connectivity index (χ4n) is 4.07. The molecule has 2 N–H and O–H groups in total. The van der Waals surface area contributed by atoms with E-state index in [0.29, 0.717) is 34.8 Å². The summed E-state index contributed by atoms with van der Waals surface area (Å²) in [6.07, 6.45) is 5.36. The molecule has 2 aromatic heterocycles. The Morgan fingerprint density at radius 2 is 2.06 bits per heavy atom. The second-order valence-corrected chi connectivity index (χ2v) is 8.22. The van der Waals surface area contributed by atoms with Gasteiger partial charge < -0.3 is 24.5 Å². The van der Waals surface area contributed by atoms with Gasteiger partial charge in [-0.2, -0.15) is 0 Å². The highest BCUT2D eigenvalue weighted by molar-refractivity contribution is 5.95. The van der Waals surface area contributed by atoms with Gasteiger partial charge in [0.2, 0.25) is 0 Å². The minimum absolute atomic E-state index is 0.299. The number of aromatic nitrogens is 3. The van der Waals surface area contributed by atoms with Gasteiger partial charge in [-0.1, -0.05) is 6.58 Å². The number of hydrogen-bond donors (Lipinski definition) is 2. The minimum atomic E-state index is -0.563. The molecule has 0 amide bonds. The fourth-order valence-corrected chi connectivity index (χ4v) is 4.07. The Kier molecular flexibility index (Phi) is 6.87. The summed E-state index contributed by atoms with van der Waals surface area (Å²) >= 11 is 0. The average Bonchev–Trinajstić information content (AvgIpc) is 3.35. The highest BCUT2D eigenvalue weighted by Gasteiger charge is 2.15. The van der Waals surface area contributed by atoms with Crippen LogP contribution < -0.4 is 14.8 Å². The van der Waals surface area contributed by atoms with Crippen LogP contribution in [0.25, 0.3) is 21.8 Å². The molecule has 3 heterocycles. The van der Waals surface area contributed by atoms with Gasteiger partial charge in [0.05, 0.1) is 25.3 Å². The van der Waals surface area contributed by atoms with Gasteiger partial charge in [0.25, 0.3) is 0 Å². The lowest BCUT2D eigenvalue weighted by molar-refractivity contribution is -0.129. The number of H-pyrrole nitrogens is 1. The third-order valence-corrected chi connectivity index (χ3v) is 5.87. The first-order valence-corrected chi connectivity index (χ1v) is 11.6. The molecular formula is C26H27N5O4. The summed E-state index contributed by atoms with van der Waals surface area (Å²) in [5.74, 6) is 0.784. The van der Waals surface area contributed by atoms with Gasteiger partial charge in [0, 0.05) is 60.0 Å². The van der Waals surface area contributed by atoms with E-state index in [0.717, 1.165) is 61.9 Å². The first-order valence-electron chi connectivity index (χ1n) is 11.6. The molecule has 0 saturated carbocycles. The van der Waals surface area contributed by atoms with E-state index >= 15 is 0 Å². The topological polar surface area (TPSA) is 102 Å². The molecule has 0 aliphatic carbocycles. The Balaban J connectivity index is 1.38. The SMILES string of the molecule is C=CC(=O)Oc1cc2c(Nc3ccc4[nH]ccc4c3)ncnc2cc1OCCCN1CCOCC1. The number of fused-ring (bicyclic) bond motifs is 2. The Morgan fingerprint density at radius 1 is 1.17 bits per heavy atom. The number of aromatic amines is 1. The molecule has 0 bridgehead atoms. The third kappa shape index (κ3) is 5.42. The van der Waals surface area contributed by atoms with Gasteiger partial charge >= 0.3 is 5.97 Å². The van der Waals surface area contributed by atoms with Crippen molar-refractivity contribution in [3.8, 4) is 11.5 Å². The second kappa shape index (κ2) is 10.5. The van der Waals surface area contributed by atoms with Gasteiger partial charge in [0.1, 0.15) is 12.1 Å². The smallest absolute Gasteiger partial charge is 0.335 e. The zero-order valence-corrected chi connectivity index (χ0v) is 19.3. The highest BCUT2D eigenvalue weighted by atomic mass is 16.6. The first-order chi connectivity index (χ1) is 17.2. The summed E-state index contributed by atoms with van der Waals surface area (Å²) in [6.45, 7) is 8.29. The zero-order chi connectivity index (χ0) is 24.0. The maximum atomic E-state index is 12.0. The van der Waals surface area contributed by atoms with Crippen LogP contribution in [0, 0.1) is 0 Å². The Morgan fingerprint density at radius 3 is 2.91 bits per heavy atom. The molecule has 1 saturated heterocycles. The number of esters is 1. The van der Waals surface area contributed by atoms with Crippen molar-refractivity contribution in [2.24, 2.45) is 0 Å². The third-order valence-electron chi connectivity index (χ3n) is 5.87. The number of carbonyl (C=O) groups excluding carboxylic acids is 1. The number of hydrogen-bond acceptors (Lipinski definition) is 8. The summed E-state index contributed by atoms with van der Waals surface area (Å²) in [7, 11) is 0. The van der Waals surface area contributed by atoms with Crippen LogP contribution in [0.2, 0.25) is 0 Å². The van der Waals surface area contributed by atoms with E-state index < -0.39 is 5.97 Å². The predicted molar refractivity (Wildman–Crippen MR) is 134 cm³/mol. The van der Waals surface area contributed by atoms with Crippen molar-refractivity contribution in [1.29, 1.82) is 0 Å². The molecule has 35 heavy (non-hydrogen) atoms. The quantitative estimate of drug-likeness (QED) is 0.163. The number of ether oxygens (including phenoxy) is 3. The normalized spacial score (nSPS) is 14.2. The van der Waals surface area contributed by atoms with Crippen LogP contribution in [0.4, 0.5) is 11.5 Å². The monoisotopic (exact) mass is 473 g/mol. The van der Waals surface area contributed by atoms with Crippen LogP contribution >= 0.6 is 0 Å². The molecule has 1 aliphatic heterocycles. The first kappa shape index (κ1) is 22.8. The van der Waals surface area contributed by atoms with Crippen LogP contribution in [0.3, 0.4) is 0 Å². The number of morpholine rings is 1. The molecule has 180 valence electrons. The predicted octanol–water partition coefficient (Wildman–Crippen LogP) is 4.05. The summed E-state index contributed by atoms with van der Waals surface area (Å²) < 4.78 is 16.9. The van der Waals surface area contributed by atoms with Crippen molar-refractivity contribution in [2.75, 3.05) is 44.8 Å². The van der Waals surface area contributed by atoms with E-state index in [1.54, 1.807) is 12.1 Å². The molecule has 0 atom stereocenters. The van der Waals surface area contributed by atoms with E-state index in [9.17, 15) is 4.79 Å². The molecule has 0 radical (unpaired) electrons. The zero-order valence-electron chi connectivity index (χ0n) is 19.3. The number of benzene rings is 2. The highest BCUT2D eigenvalue weighted by Crippen LogP contribution is 2.35. The number of nitrogens with one attached hydrogen (secondary N) is 2. The van der Waals surface area contributed by atoms with Crippen LogP contribution in [-0.4, -0.2) is 65.3 Å². The van der Waals surface area contributed by atoms with Gasteiger partial charge in [-0.05, 0) is 36.8 Å². The molecule has 4 aromatic rings. The summed E-state index contributed by atoms with van der Waals surface area (Å²) in [5, 5.41) is 5.14. The summed E-state index contributed by atoms with van der Waals surface area (Å²) in [5.41, 5.74) is 2.61. The average molecular weight is 474 g/mol.